The SMILES string of the molecule is COc1cc2c(O)c(C=C=CC=Cc3c(O)c4cc(OC)c5ccccc5c4[nH]c3=O)c(=O)[nH]c2c2ccccc12. The molecule has 0 aliphatic heterocycles. The molecular weight excluding hydrogens is 520 g/mol. The van der Waals surface area contributed by atoms with E-state index in [0.717, 1.165) is 21.5 Å². The topological polar surface area (TPSA) is 125 Å². The van der Waals surface area contributed by atoms with Gasteiger partial charge in [0.15, 0.2) is 0 Å². The normalized spacial score (nSPS) is 11.4. The fourth-order valence-corrected chi connectivity index (χ4v) is 5.15. The Hall–Kier alpha value is -5.72. The Bertz CT molecular complexity index is 2230. The molecule has 0 fully saturated rings. The zero-order chi connectivity index (χ0) is 28.7. The molecule has 202 valence electrons. The van der Waals surface area contributed by atoms with Gasteiger partial charge in [-0.3, -0.25) is 9.59 Å². The maximum atomic E-state index is 12.9. The Morgan fingerprint density at radius 3 is 1.66 bits per heavy atom. The van der Waals surface area contributed by atoms with Crippen LogP contribution in [-0.2, 0) is 0 Å². The van der Waals surface area contributed by atoms with Gasteiger partial charge in [-0.1, -0.05) is 54.6 Å². The molecule has 0 unspecified atom stereocenters. The number of aromatic amines is 2. The standard InChI is InChI=1S/C33H24N2O6/c1-40-26-16-24-28(20-12-8-6-10-18(20)26)34-32(38)22(30(24)36)14-4-3-5-15-23-31(37)25-17-27(41-2)19-11-7-9-13-21(19)29(25)35-33(23)39/h3-4,6-17H,1-2H3,(H2,34,36,38)(H2,35,37,39). The number of fused-ring (bicyclic) bond motifs is 6. The number of aromatic hydroxyl groups is 2. The van der Waals surface area contributed by atoms with E-state index >= 15 is 0 Å². The minimum Gasteiger partial charge on any atom is -0.506 e. The number of ether oxygens (including phenoxy) is 2. The first kappa shape index (κ1) is 25.6. The van der Waals surface area contributed by atoms with Crippen LogP contribution in [0.5, 0.6) is 23.0 Å². The lowest BCUT2D eigenvalue weighted by Crippen LogP contribution is -2.10. The molecule has 0 bridgehead atoms. The van der Waals surface area contributed by atoms with Crippen molar-refractivity contribution in [2.24, 2.45) is 0 Å². The van der Waals surface area contributed by atoms with Crippen LogP contribution in [0, 0.1) is 0 Å². The molecule has 8 nitrogen and oxygen atoms in total. The van der Waals surface area contributed by atoms with Gasteiger partial charge in [-0.15, -0.1) is 5.73 Å². The first-order valence-electron chi connectivity index (χ1n) is 12.7. The smallest absolute Gasteiger partial charge is 0.260 e. The van der Waals surface area contributed by atoms with Crippen LogP contribution in [0.2, 0.25) is 0 Å². The molecule has 6 aromatic rings. The van der Waals surface area contributed by atoms with Gasteiger partial charge in [0.1, 0.15) is 23.0 Å². The molecular formula is C33H24N2O6. The lowest BCUT2D eigenvalue weighted by atomic mass is 10.0. The van der Waals surface area contributed by atoms with Crippen molar-refractivity contribution < 1.29 is 19.7 Å². The van der Waals surface area contributed by atoms with Gasteiger partial charge in [0, 0.05) is 32.3 Å². The second kappa shape index (κ2) is 10.1. The summed E-state index contributed by atoms with van der Waals surface area (Å²) in [5.74, 6) is 0.739. The van der Waals surface area contributed by atoms with Crippen molar-refractivity contribution in [3.63, 3.8) is 0 Å². The van der Waals surface area contributed by atoms with Crippen molar-refractivity contribution in [1.82, 2.24) is 9.97 Å². The van der Waals surface area contributed by atoms with E-state index in [1.807, 2.05) is 48.5 Å². The molecule has 0 aliphatic carbocycles. The van der Waals surface area contributed by atoms with E-state index < -0.39 is 11.1 Å². The predicted octanol–water partition coefficient (Wildman–Crippen LogP) is 5.99. The number of pyridine rings is 2. The predicted molar refractivity (Wildman–Crippen MR) is 162 cm³/mol. The average molecular weight is 545 g/mol. The summed E-state index contributed by atoms with van der Waals surface area (Å²) >= 11 is 0. The van der Waals surface area contributed by atoms with Crippen LogP contribution in [0.1, 0.15) is 11.1 Å². The Balaban J connectivity index is 1.40. The summed E-state index contributed by atoms with van der Waals surface area (Å²) in [6, 6.07) is 18.2. The lowest BCUT2D eigenvalue weighted by molar-refractivity contribution is 0.420. The number of methoxy groups -OCH3 is 2. The van der Waals surface area contributed by atoms with Crippen molar-refractivity contribution in [2.45, 2.75) is 0 Å². The van der Waals surface area contributed by atoms with Crippen LogP contribution in [-0.4, -0.2) is 34.4 Å². The number of H-pyrrole nitrogens is 2. The van der Waals surface area contributed by atoms with Gasteiger partial charge < -0.3 is 29.7 Å². The second-order valence-corrected chi connectivity index (χ2v) is 9.36. The zero-order valence-electron chi connectivity index (χ0n) is 22.1. The van der Waals surface area contributed by atoms with Crippen LogP contribution in [0.4, 0.5) is 0 Å². The fraction of sp³-hybridized carbons (Fsp3) is 0.0606. The minimum atomic E-state index is -0.486. The quantitative estimate of drug-likeness (QED) is 0.120. The molecule has 0 radical (unpaired) electrons. The Kier molecular flexibility index (Phi) is 6.30. The molecule has 0 aliphatic rings. The summed E-state index contributed by atoms with van der Waals surface area (Å²) in [5.41, 5.74) is 2.96. The van der Waals surface area contributed by atoms with E-state index in [1.165, 1.54) is 24.3 Å². The highest BCUT2D eigenvalue weighted by Gasteiger charge is 2.16. The molecule has 2 heterocycles. The van der Waals surface area contributed by atoms with Crippen molar-refractivity contribution >= 4 is 55.5 Å². The van der Waals surface area contributed by atoms with Crippen molar-refractivity contribution in [3.8, 4) is 23.0 Å². The number of benzene rings is 4. The highest BCUT2D eigenvalue weighted by atomic mass is 16.5. The number of aromatic nitrogens is 2. The number of hydrogen-bond acceptors (Lipinski definition) is 6. The van der Waals surface area contributed by atoms with Gasteiger partial charge in [-0.25, -0.2) is 0 Å². The van der Waals surface area contributed by atoms with E-state index in [-0.39, 0.29) is 22.6 Å². The van der Waals surface area contributed by atoms with Crippen LogP contribution >= 0.6 is 0 Å². The van der Waals surface area contributed by atoms with Gasteiger partial charge in [0.05, 0.1) is 36.4 Å². The third-order valence-corrected chi connectivity index (χ3v) is 7.12. The first-order chi connectivity index (χ1) is 19.9. The summed E-state index contributed by atoms with van der Waals surface area (Å²) < 4.78 is 11.0. The van der Waals surface area contributed by atoms with Gasteiger partial charge in [0.25, 0.3) is 11.1 Å². The van der Waals surface area contributed by atoms with E-state index in [2.05, 4.69) is 15.7 Å². The number of allylic oxidation sites excluding steroid dienone is 2. The van der Waals surface area contributed by atoms with Crippen molar-refractivity contribution in [2.75, 3.05) is 14.2 Å². The first-order valence-corrected chi connectivity index (χ1v) is 12.7. The summed E-state index contributed by atoms with van der Waals surface area (Å²) in [4.78, 5) is 31.4. The largest absolute Gasteiger partial charge is 0.506 e. The molecule has 0 amide bonds. The minimum absolute atomic E-state index is 0.0184. The molecule has 4 N–H and O–H groups in total. The van der Waals surface area contributed by atoms with Crippen LogP contribution in [0.15, 0.2) is 88.1 Å². The maximum Gasteiger partial charge on any atom is 0.260 e. The van der Waals surface area contributed by atoms with Crippen LogP contribution in [0.3, 0.4) is 0 Å². The zero-order valence-corrected chi connectivity index (χ0v) is 22.1. The van der Waals surface area contributed by atoms with Gasteiger partial charge in [0.2, 0.25) is 0 Å². The van der Waals surface area contributed by atoms with Gasteiger partial charge in [-0.05, 0) is 30.4 Å². The summed E-state index contributed by atoms with van der Waals surface area (Å²) in [7, 11) is 3.09. The highest BCUT2D eigenvalue weighted by molar-refractivity contribution is 6.11. The molecule has 0 spiro atoms. The van der Waals surface area contributed by atoms with E-state index in [9.17, 15) is 19.8 Å². The summed E-state index contributed by atoms with van der Waals surface area (Å²) in [6.45, 7) is 0. The van der Waals surface area contributed by atoms with Gasteiger partial charge in [-0.2, -0.15) is 0 Å². The number of nitrogens with one attached hydrogen (secondary N) is 2. The average Bonchev–Trinajstić information content (AvgIpc) is 2.99. The second-order valence-electron chi connectivity index (χ2n) is 9.36. The van der Waals surface area contributed by atoms with E-state index in [0.29, 0.717) is 33.3 Å². The van der Waals surface area contributed by atoms with E-state index in [1.54, 1.807) is 26.4 Å². The molecule has 4 aromatic carbocycles. The Morgan fingerprint density at radius 1 is 0.683 bits per heavy atom. The highest BCUT2D eigenvalue weighted by Crippen LogP contribution is 2.38. The van der Waals surface area contributed by atoms with Crippen LogP contribution in [0.25, 0.3) is 55.5 Å². The number of rotatable bonds is 5. The molecule has 0 atom stereocenters. The molecule has 0 saturated carbocycles. The lowest BCUT2D eigenvalue weighted by Gasteiger charge is -2.11. The Morgan fingerprint density at radius 2 is 1.15 bits per heavy atom. The molecule has 8 heteroatoms. The molecule has 2 aromatic heterocycles. The Labute approximate surface area is 232 Å². The third kappa shape index (κ3) is 4.19. The third-order valence-electron chi connectivity index (χ3n) is 7.12. The molecule has 0 saturated heterocycles. The maximum absolute atomic E-state index is 12.9. The van der Waals surface area contributed by atoms with Crippen LogP contribution < -0.4 is 20.6 Å². The van der Waals surface area contributed by atoms with Crippen molar-refractivity contribution in [1.29, 1.82) is 0 Å². The molecule has 41 heavy (non-hydrogen) atoms. The fourth-order valence-electron chi connectivity index (χ4n) is 5.15. The monoisotopic (exact) mass is 544 g/mol. The van der Waals surface area contributed by atoms with E-state index in [4.69, 9.17) is 9.47 Å². The summed E-state index contributed by atoms with van der Waals surface area (Å²) in [5, 5.41) is 25.9. The van der Waals surface area contributed by atoms with Gasteiger partial charge >= 0.3 is 0 Å². The van der Waals surface area contributed by atoms with Crippen molar-refractivity contribution in [3.05, 3.63) is 110 Å². The summed E-state index contributed by atoms with van der Waals surface area (Å²) in [6.07, 6.45) is 5.76. The number of hydrogen-bond donors (Lipinski definition) is 4. The molecule has 6 rings (SSSR count).